The number of nitrogens with one attached hydrogen (secondary N) is 3. The van der Waals surface area contributed by atoms with Crippen LogP contribution in [0.1, 0.15) is 57.2 Å². The van der Waals surface area contributed by atoms with Crippen molar-refractivity contribution in [2.75, 3.05) is 33.2 Å². The van der Waals surface area contributed by atoms with Gasteiger partial charge >= 0.3 is 5.97 Å². The molecule has 0 saturated heterocycles. The van der Waals surface area contributed by atoms with Gasteiger partial charge < -0.3 is 35.3 Å². The number of carbonyl (C=O) groups excluding carboxylic acids is 2. The lowest BCUT2D eigenvalue weighted by molar-refractivity contribution is -0.137. The van der Waals surface area contributed by atoms with Crippen molar-refractivity contribution in [1.29, 1.82) is 0 Å². The molecule has 222 valence electrons. The summed E-state index contributed by atoms with van der Waals surface area (Å²) < 4.78 is 17.0. The first kappa shape index (κ1) is 31.3. The van der Waals surface area contributed by atoms with Crippen molar-refractivity contribution in [3.05, 3.63) is 45.6 Å². The van der Waals surface area contributed by atoms with Gasteiger partial charge in [0.05, 0.1) is 39.5 Å². The molecule has 2 aromatic carbocycles. The number of fused-ring (bicyclic) bond motifs is 3. The SMILES string of the molecule is CC[C@@H](C)[C@@H](Nc1ccc2c(cc1=O)[C@H](NC(C)=O)CCc1cc(OC)c(OC)c(OC)c1-2)C(=O)NCCC(=O)O. The average Bonchev–Trinajstić information content (AvgIpc) is 3.18. The molecule has 1 aliphatic rings. The number of benzene rings is 1. The number of ether oxygens (including phenoxy) is 3. The van der Waals surface area contributed by atoms with E-state index >= 15 is 0 Å². The third-order valence-electron chi connectivity index (χ3n) is 7.36. The van der Waals surface area contributed by atoms with Crippen LogP contribution in [-0.2, 0) is 20.8 Å². The van der Waals surface area contributed by atoms with Gasteiger partial charge in [0.25, 0.3) is 0 Å². The van der Waals surface area contributed by atoms with Crippen molar-refractivity contribution < 1.29 is 33.7 Å². The van der Waals surface area contributed by atoms with Crippen molar-refractivity contribution in [2.24, 2.45) is 5.92 Å². The van der Waals surface area contributed by atoms with Crippen LogP contribution in [0.2, 0.25) is 0 Å². The van der Waals surface area contributed by atoms with Gasteiger partial charge in [0.2, 0.25) is 23.0 Å². The molecule has 4 N–H and O–H groups in total. The van der Waals surface area contributed by atoms with Crippen molar-refractivity contribution >= 4 is 23.5 Å². The monoisotopic (exact) mass is 569 g/mol. The zero-order chi connectivity index (χ0) is 30.3. The Labute approximate surface area is 239 Å². The summed E-state index contributed by atoms with van der Waals surface area (Å²) in [5.74, 6) is -0.466. The molecule has 0 fully saturated rings. The fourth-order valence-electron chi connectivity index (χ4n) is 5.10. The van der Waals surface area contributed by atoms with Crippen molar-refractivity contribution in [1.82, 2.24) is 10.6 Å². The maximum Gasteiger partial charge on any atom is 0.305 e. The van der Waals surface area contributed by atoms with Gasteiger partial charge in [-0.15, -0.1) is 0 Å². The number of carboxylic acids is 1. The van der Waals surface area contributed by atoms with Crippen LogP contribution < -0.4 is 35.6 Å². The maximum absolute atomic E-state index is 13.6. The van der Waals surface area contributed by atoms with E-state index in [0.717, 1.165) is 11.1 Å². The van der Waals surface area contributed by atoms with Crippen LogP contribution in [0.25, 0.3) is 11.1 Å². The van der Waals surface area contributed by atoms with Crippen molar-refractivity contribution in [3.8, 4) is 28.4 Å². The number of aryl methyl sites for hydroxylation is 1. The Morgan fingerprint density at radius 3 is 2.37 bits per heavy atom. The highest BCUT2D eigenvalue weighted by Gasteiger charge is 2.30. The molecule has 11 nitrogen and oxygen atoms in total. The summed E-state index contributed by atoms with van der Waals surface area (Å²) in [7, 11) is 4.59. The fourth-order valence-corrected chi connectivity index (χ4v) is 5.10. The summed E-state index contributed by atoms with van der Waals surface area (Å²) in [5, 5.41) is 17.7. The molecular weight excluding hydrogens is 530 g/mol. The Morgan fingerprint density at radius 2 is 1.78 bits per heavy atom. The van der Waals surface area contributed by atoms with Crippen LogP contribution in [0.3, 0.4) is 0 Å². The van der Waals surface area contributed by atoms with Gasteiger partial charge in [-0.1, -0.05) is 26.3 Å². The number of hydrogen-bond donors (Lipinski definition) is 4. The lowest BCUT2D eigenvalue weighted by atomic mass is 9.95. The Bertz CT molecular complexity index is 1360. The number of carbonyl (C=O) groups is 3. The number of aliphatic carboxylic acids is 1. The lowest BCUT2D eigenvalue weighted by Crippen LogP contribution is -2.44. The van der Waals surface area contributed by atoms with Crippen molar-refractivity contribution in [3.63, 3.8) is 0 Å². The molecular formula is C30H39N3O8. The number of rotatable bonds is 12. The summed E-state index contributed by atoms with van der Waals surface area (Å²) in [4.78, 5) is 49.7. The summed E-state index contributed by atoms with van der Waals surface area (Å²) in [6.07, 6.45) is 1.52. The molecule has 11 heteroatoms. The van der Waals surface area contributed by atoms with Gasteiger partial charge in [-0.25, -0.2) is 0 Å². The normalized spacial score (nSPS) is 15.2. The summed E-state index contributed by atoms with van der Waals surface area (Å²) >= 11 is 0. The van der Waals surface area contributed by atoms with Gasteiger partial charge in [0, 0.05) is 19.0 Å². The quantitative estimate of drug-likeness (QED) is 0.302. The second-order valence-corrected chi connectivity index (χ2v) is 10.0. The highest BCUT2D eigenvalue weighted by molar-refractivity contribution is 5.86. The lowest BCUT2D eigenvalue weighted by Gasteiger charge is -2.24. The largest absolute Gasteiger partial charge is 0.493 e. The smallest absolute Gasteiger partial charge is 0.305 e. The van der Waals surface area contributed by atoms with Gasteiger partial charge in [0.1, 0.15) is 6.04 Å². The van der Waals surface area contributed by atoms with E-state index in [4.69, 9.17) is 19.3 Å². The van der Waals surface area contributed by atoms with Crippen LogP contribution in [0.5, 0.6) is 17.2 Å². The molecule has 41 heavy (non-hydrogen) atoms. The van der Waals surface area contributed by atoms with Gasteiger partial charge in [-0.05, 0) is 53.6 Å². The molecule has 2 amide bonds. The highest BCUT2D eigenvalue weighted by atomic mass is 16.5. The summed E-state index contributed by atoms with van der Waals surface area (Å²) in [5.41, 5.74) is 2.73. The zero-order valence-corrected chi connectivity index (χ0v) is 24.4. The molecule has 0 aromatic heterocycles. The third kappa shape index (κ3) is 7.08. The first-order valence-corrected chi connectivity index (χ1v) is 13.6. The first-order valence-electron chi connectivity index (χ1n) is 13.6. The van der Waals surface area contributed by atoms with E-state index in [0.29, 0.717) is 47.6 Å². The molecule has 0 saturated carbocycles. The molecule has 0 unspecified atom stereocenters. The second kappa shape index (κ2) is 13.9. The van der Waals surface area contributed by atoms with Crippen LogP contribution >= 0.6 is 0 Å². The minimum Gasteiger partial charge on any atom is -0.493 e. The number of hydrogen-bond acceptors (Lipinski definition) is 8. The number of carboxylic acid groups (broad SMARTS) is 1. The Kier molecular flexibility index (Phi) is 10.6. The van der Waals surface area contributed by atoms with E-state index in [1.165, 1.54) is 27.2 Å². The summed E-state index contributed by atoms with van der Waals surface area (Å²) in [6.45, 7) is 5.21. The van der Waals surface area contributed by atoms with Crippen LogP contribution in [0.4, 0.5) is 5.69 Å². The first-order chi connectivity index (χ1) is 19.6. The molecule has 1 aliphatic carbocycles. The number of methoxy groups -OCH3 is 3. The molecule has 3 rings (SSSR count). The van der Waals surface area contributed by atoms with E-state index in [2.05, 4.69) is 16.0 Å². The minimum atomic E-state index is -1.02. The highest BCUT2D eigenvalue weighted by Crippen LogP contribution is 2.50. The third-order valence-corrected chi connectivity index (χ3v) is 7.36. The van der Waals surface area contributed by atoms with E-state index in [9.17, 15) is 19.2 Å². The Balaban J connectivity index is 2.20. The number of anilines is 1. The van der Waals surface area contributed by atoms with E-state index < -0.39 is 24.0 Å². The molecule has 0 heterocycles. The summed E-state index contributed by atoms with van der Waals surface area (Å²) in [6, 6.07) is 5.52. The Hall–Kier alpha value is -4.28. The van der Waals surface area contributed by atoms with Crippen molar-refractivity contribution in [2.45, 2.75) is 58.5 Å². The Morgan fingerprint density at radius 1 is 1.07 bits per heavy atom. The predicted molar refractivity (Wildman–Crippen MR) is 155 cm³/mol. The predicted octanol–water partition coefficient (Wildman–Crippen LogP) is 3.28. The van der Waals surface area contributed by atoms with Crippen LogP contribution in [-0.4, -0.2) is 56.8 Å². The molecule has 0 radical (unpaired) electrons. The van der Waals surface area contributed by atoms with E-state index in [1.54, 1.807) is 19.2 Å². The van der Waals surface area contributed by atoms with Gasteiger partial charge in [-0.3, -0.25) is 19.2 Å². The molecule has 3 atom stereocenters. The topological polar surface area (TPSA) is 152 Å². The number of amides is 2. The van der Waals surface area contributed by atoms with E-state index in [1.807, 2.05) is 19.9 Å². The molecule has 0 bridgehead atoms. The average molecular weight is 570 g/mol. The van der Waals surface area contributed by atoms with Crippen LogP contribution in [0.15, 0.2) is 29.1 Å². The molecule has 0 aliphatic heterocycles. The standard InChI is InChI=1S/C30H39N3O8/c1-7-16(2)27(30(38)31-13-12-25(36)37)33-22-11-9-19-20(15-23(22)35)21(32-17(3)34)10-8-18-14-24(39-4)28(40-5)29(41-6)26(18)19/h9,11,14-16,21,27H,7-8,10,12-13H2,1-6H3,(H,31,38)(H,32,34)(H,33,35)(H,36,37)/t16-,21-,27-/m1/s1. The van der Waals surface area contributed by atoms with Crippen LogP contribution in [0, 0.1) is 5.92 Å². The minimum absolute atomic E-state index is 0.0237. The zero-order valence-electron chi connectivity index (χ0n) is 24.4. The maximum atomic E-state index is 13.6. The molecule has 0 spiro atoms. The fraction of sp³-hybridized carbons (Fsp3) is 0.467. The second-order valence-electron chi connectivity index (χ2n) is 10.0. The van der Waals surface area contributed by atoms with Gasteiger partial charge in [0.15, 0.2) is 11.5 Å². The van der Waals surface area contributed by atoms with Gasteiger partial charge in [-0.2, -0.15) is 0 Å². The molecule has 2 aromatic rings. The van der Waals surface area contributed by atoms with E-state index in [-0.39, 0.29) is 35.9 Å².